The Bertz CT molecular complexity index is 230. The molecule has 11 heavy (non-hydrogen) atoms. The SMILES string of the molecule is OCC1=C/C(=N/O)[C@@H](O)C=C1. The quantitative estimate of drug-likeness (QED) is 0.358. The average molecular weight is 155 g/mol. The lowest BCUT2D eigenvalue weighted by Gasteiger charge is -2.10. The third kappa shape index (κ3) is 1.66. The molecule has 1 aliphatic rings. The van der Waals surface area contributed by atoms with Gasteiger partial charge in [0.05, 0.1) is 6.61 Å². The summed E-state index contributed by atoms with van der Waals surface area (Å²) in [5.41, 5.74) is 0.764. The number of aliphatic hydroxyl groups excluding tert-OH is 2. The molecule has 4 nitrogen and oxygen atoms in total. The molecule has 0 spiro atoms. The van der Waals surface area contributed by atoms with E-state index in [9.17, 15) is 0 Å². The molecule has 0 amide bonds. The van der Waals surface area contributed by atoms with E-state index < -0.39 is 6.10 Å². The fourth-order valence-electron chi connectivity index (χ4n) is 0.823. The predicted molar refractivity (Wildman–Crippen MR) is 39.5 cm³/mol. The highest BCUT2D eigenvalue weighted by Crippen LogP contribution is 2.07. The molecule has 4 heteroatoms. The first kappa shape index (κ1) is 7.97. The van der Waals surface area contributed by atoms with Crippen molar-refractivity contribution in [3.63, 3.8) is 0 Å². The van der Waals surface area contributed by atoms with Crippen LogP contribution < -0.4 is 0 Å². The van der Waals surface area contributed by atoms with Crippen molar-refractivity contribution in [1.29, 1.82) is 0 Å². The number of nitrogens with zero attached hydrogens (tertiary/aromatic N) is 1. The molecule has 0 heterocycles. The second-order valence-electron chi connectivity index (χ2n) is 2.21. The summed E-state index contributed by atoms with van der Waals surface area (Å²) < 4.78 is 0. The largest absolute Gasteiger partial charge is 0.411 e. The van der Waals surface area contributed by atoms with Crippen LogP contribution in [0.25, 0.3) is 0 Å². The van der Waals surface area contributed by atoms with Gasteiger partial charge in [-0.15, -0.1) is 0 Å². The van der Waals surface area contributed by atoms with Crippen LogP contribution in [-0.4, -0.2) is 33.8 Å². The molecule has 0 aliphatic heterocycles. The minimum absolute atomic E-state index is 0.123. The summed E-state index contributed by atoms with van der Waals surface area (Å²) in [5, 5.41) is 28.9. The first-order valence-corrected chi connectivity index (χ1v) is 3.17. The van der Waals surface area contributed by atoms with Gasteiger partial charge in [0, 0.05) is 0 Å². The normalized spacial score (nSPS) is 27.3. The maximum Gasteiger partial charge on any atom is 0.118 e. The summed E-state index contributed by atoms with van der Waals surface area (Å²) in [6.07, 6.45) is 3.60. The van der Waals surface area contributed by atoms with Gasteiger partial charge in [0.25, 0.3) is 0 Å². The number of aliphatic hydroxyl groups is 2. The van der Waals surface area contributed by atoms with E-state index >= 15 is 0 Å². The summed E-state index contributed by atoms with van der Waals surface area (Å²) in [4.78, 5) is 0. The second-order valence-corrected chi connectivity index (χ2v) is 2.21. The number of oxime groups is 1. The van der Waals surface area contributed by atoms with Crippen LogP contribution in [-0.2, 0) is 0 Å². The van der Waals surface area contributed by atoms with Gasteiger partial charge in [-0.05, 0) is 17.7 Å². The van der Waals surface area contributed by atoms with E-state index in [1.807, 2.05) is 0 Å². The van der Waals surface area contributed by atoms with Crippen molar-refractivity contribution in [3.05, 3.63) is 23.8 Å². The topological polar surface area (TPSA) is 73.1 Å². The van der Waals surface area contributed by atoms with Crippen molar-refractivity contribution in [2.75, 3.05) is 6.61 Å². The molecule has 0 radical (unpaired) electrons. The lowest BCUT2D eigenvalue weighted by molar-refractivity contribution is 0.268. The standard InChI is InChI=1S/C7H9NO3/c9-4-5-1-2-7(10)6(3-5)8-11/h1-3,7,9-11H,4H2/b8-6-/t7-/m0/s1. The molecule has 0 fully saturated rings. The van der Waals surface area contributed by atoms with Crippen LogP contribution in [0.5, 0.6) is 0 Å². The van der Waals surface area contributed by atoms with E-state index in [4.69, 9.17) is 15.4 Å². The highest BCUT2D eigenvalue weighted by Gasteiger charge is 2.12. The Hall–Kier alpha value is -1.13. The second kappa shape index (κ2) is 3.32. The summed E-state index contributed by atoms with van der Waals surface area (Å²) in [7, 11) is 0. The molecule has 0 aromatic heterocycles. The van der Waals surface area contributed by atoms with E-state index in [2.05, 4.69) is 5.16 Å². The Balaban J connectivity index is 2.84. The van der Waals surface area contributed by atoms with Gasteiger partial charge in [-0.25, -0.2) is 0 Å². The number of hydrogen-bond acceptors (Lipinski definition) is 4. The van der Waals surface area contributed by atoms with E-state index in [1.165, 1.54) is 12.2 Å². The molecular weight excluding hydrogens is 146 g/mol. The van der Waals surface area contributed by atoms with E-state index in [0.29, 0.717) is 5.57 Å². The van der Waals surface area contributed by atoms with E-state index in [0.717, 1.165) is 0 Å². The predicted octanol–water partition coefficient (Wildman–Crippen LogP) is -0.334. The van der Waals surface area contributed by atoms with Crippen molar-refractivity contribution in [3.8, 4) is 0 Å². The van der Waals surface area contributed by atoms with Crippen molar-refractivity contribution >= 4 is 5.71 Å². The van der Waals surface area contributed by atoms with Gasteiger partial charge in [-0.2, -0.15) is 0 Å². The highest BCUT2D eigenvalue weighted by molar-refractivity contribution is 6.01. The zero-order valence-corrected chi connectivity index (χ0v) is 5.81. The van der Waals surface area contributed by atoms with Crippen LogP contribution in [0.3, 0.4) is 0 Å². The van der Waals surface area contributed by atoms with Crippen LogP contribution in [0.15, 0.2) is 29.0 Å². The lowest BCUT2D eigenvalue weighted by Crippen LogP contribution is -2.19. The molecule has 1 atom stereocenters. The zero-order chi connectivity index (χ0) is 8.27. The molecule has 0 saturated heterocycles. The van der Waals surface area contributed by atoms with Crippen molar-refractivity contribution in [1.82, 2.24) is 0 Å². The average Bonchev–Trinajstić information content (AvgIpc) is 2.05. The molecule has 0 aromatic carbocycles. The minimum atomic E-state index is -0.865. The van der Waals surface area contributed by atoms with Crippen LogP contribution in [0, 0.1) is 0 Å². The lowest BCUT2D eigenvalue weighted by atomic mass is 10.0. The Labute approximate surface area is 63.8 Å². The maximum atomic E-state index is 9.08. The summed E-state index contributed by atoms with van der Waals surface area (Å²) >= 11 is 0. The summed E-state index contributed by atoms with van der Waals surface area (Å²) in [6.45, 7) is -0.123. The van der Waals surface area contributed by atoms with Gasteiger partial charge in [0.15, 0.2) is 0 Å². The van der Waals surface area contributed by atoms with E-state index in [-0.39, 0.29) is 12.3 Å². The van der Waals surface area contributed by atoms with Gasteiger partial charge in [-0.1, -0.05) is 11.2 Å². The highest BCUT2D eigenvalue weighted by atomic mass is 16.4. The smallest absolute Gasteiger partial charge is 0.118 e. The Morgan fingerprint density at radius 2 is 2.27 bits per heavy atom. The molecule has 0 aromatic rings. The van der Waals surface area contributed by atoms with Crippen molar-refractivity contribution in [2.24, 2.45) is 5.16 Å². The molecule has 1 rings (SSSR count). The first-order valence-electron chi connectivity index (χ1n) is 3.17. The molecular formula is C7H9NO3. The number of rotatable bonds is 1. The molecule has 1 aliphatic carbocycles. The maximum absolute atomic E-state index is 9.08. The fraction of sp³-hybridized carbons (Fsp3) is 0.286. The monoisotopic (exact) mass is 155 g/mol. The molecule has 0 saturated carbocycles. The van der Waals surface area contributed by atoms with Crippen molar-refractivity contribution in [2.45, 2.75) is 6.10 Å². The van der Waals surface area contributed by atoms with Crippen LogP contribution in [0.2, 0.25) is 0 Å². The summed E-state index contributed by atoms with van der Waals surface area (Å²) in [5.74, 6) is 0. The van der Waals surface area contributed by atoms with Gasteiger partial charge in [0.2, 0.25) is 0 Å². The van der Waals surface area contributed by atoms with Crippen LogP contribution >= 0.6 is 0 Å². The van der Waals surface area contributed by atoms with E-state index in [1.54, 1.807) is 6.08 Å². The Morgan fingerprint density at radius 1 is 1.55 bits per heavy atom. The Morgan fingerprint density at radius 3 is 2.82 bits per heavy atom. The molecule has 60 valence electrons. The first-order chi connectivity index (χ1) is 5.27. The van der Waals surface area contributed by atoms with Crippen molar-refractivity contribution < 1.29 is 15.4 Å². The fourth-order valence-corrected chi connectivity index (χ4v) is 0.823. The third-order valence-electron chi connectivity index (χ3n) is 1.43. The molecule has 3 N–H and O–H groups in total. The van der Waals surface area contributed by atoms with Gasteiger partial charge in [-0.3, -0.25) is 0 Å². The van der Waals surface area contributed by atoms with Gasteiger partial charge in [0.1, 0.15) is 11.8 Å². The minimum Gasteiger partial charge on any atom is -0.411 e. The third-order valence-corrected chi connectivity index (χ3v) is 1.43. The molecule has 0 unspecified atom stereocenters. The zero-order valence-electron chi connectivity index (χ0n) is 5.81. The summed E-state index contributed by atoms with van der Waals surface area (Å²) in [6, 6.07) is 0. The molecule has 0 bridgehead atoms. The van der Waals surface area contributed by atoms with Gasteiger partial charge < -0.3 is 15.4 Å². The van der Waals surface area contributed by atoms with Crippen LogP contribution in [0.1, 0.15) is 0 Å². The van der Waals surface area contributed by atoms with Gasteiger partial charge >= 0.3 is 0 Å². The van der Waals surface area contributed by atoms with Crippen LogP contribution in [0.4, 0.5) is 0 Å². The Kier molecular flexibility index (Phi) is 2.40. The number of hydrogen-bond donors (Lipinski definition) is 3.